The van der Waals surface area contributed by atoms with Crippen molar-refractivity contribution in [1.82, 2.24) is 15.5 Å². The summed E-state index contributed by atoms with van der Waals surface area (Å²) in [6.45, 7) is 4.20. The Morgan fingerprint density at radius 1 is 1.20 bits per heavy atom. The number of carbonyl (C=O) groups excluding carboxylic acids is 2. The van der Waals surface area contributed by atoms with Gasteiger partial charge in [0, 0.05) is 24.3 Å². The Morgan fingerprint density at radius 2 is 2.00 bits per heavy atom. The molecule has 0 radical (unpaired) electrons. The van der Waals surface area contributed by atoms with E-state index in [1.807, 2.05) is 31.2 Å². The Hall–Kier alpha value is -3.29. The lowest BCUT2D eigenvalue weighted by Crippen LogP contribution is -2.46. The smallest absolute Gasteiger partial charge is 0.321 e. The largest absolute Gasteiger partial charge is 0.488 e. The van der Waals surface area contributed by atoms with E-state index >= 15 is 0 Å². The van der Waals surface area contributed by atoms with Crippen LogP contribution in [0.3, 0.4) is 0 Å². The molecular weight excluding hydrogens is 387 g/mol. The minimum Gasteiger partial charge on any atom is -0.488 e. The molecule has 2 aliphatic heterocycles. The van der Waals surface area contributed by atoms with E-state index in [0.717, 1.165) is 17.7 Å². The molecule has 158 valence electrons. The molecule has 4 rings (SSSR count). The van der Waals surface area contributed by atoms with Crippen molar-refractivity contribution in [2.24, 2.45) is 0 Å². The molecule has 2 heterocycles. The highest BCUT2D eigenvalue weighted by Crippen LogP contribution is 2.27. The lowest BCUT2D eigenvalue weighted by Gasteiger charge is -2.28. The standard InChI is InChI=1S/C22H25FN4O3/c1-15(16-6-8-18(9-7-16)27-11-3-10-24-21(27)28)25-22(29)26-12-13-30-20-17(14-26)4-2-5-19(20)23/h2,4-9,15H,3,10-14H2,1H3,(H,24,28)(H,25,29). The third-order valence-corrected chi connectivity index (χ3v) is 5.43. The first-order valence-corrected chi connectivity index (χ1v) is 10.1. The van der Waals surface area contributed by atoms with Gasteiger partial charge in [-0.2, -0.15) is 0 Å². The average Bonchev–Trinajstić information content (AvgIpc) is 2.98. The molecule has 2 N–H and O–H groups in total. The summed E-state index contributed by atoms with van der Waals surface area (Å²) in [6.07, 6.45) is 0.909. The van der Waals surface area contributed by atoms with Gasteiger partial charge in [-0.25, -0.2) is 14.0 Å². The van der Waals surface area contributed by atoms with Crippen LogP contribution in [0.25, 0.3) is 0 Å². The number of carbonyl (C=O) groups is 2. The van der Waals surface area contributed by atoms with E-state index in [1.54, 1.807) is 21.9 Å². The first kappa shape index (κ1) is 20.0. The summed E-state index contributed by atoms with van der Waals surface area (Å²) >= 11 is 0. The Balaban J connectivity index is 1.40. The number of ether oxygens (including phenoxy) is 1. The molecule has 1 atom stereocenters. The number of urea groups is 2. The summed E-state index contributed by atoms with van der Waals surface area (Å²) < 4.78 is 19.4. The number of hydrogen-bond donors (Lipinski definition) is 2. The fourth-order valence-electron chi connectivity index (χ4n) is 3.73. The molecule has 4 amide bonds. The number of benzene rings is 2. The summed E-state index contributed by atoms with van der Waals surface area (Å²) in [5.41, 5.74) is 2.42. The number of fused-ring (bicyclic) bond motifs is 1. The third-order valence-electron chi connectivity index (χ3n) is 5.43. The van der Waals surface area contributed by atoms with Gasteiger partial charge in [0.05, 0.1) is 19.1 Å². The molecule has 8 heteroatoms. The first-order chi connectivity index (χ1) is 14.5. The van der Waals surface area contributed by atoms with E-state index in [0.29, 0.717) is 25.2 Å². The fraction of sp³-hybridized carbons (Fsp3) is 0.364. The Morgan fingerprint density at radius 3 is 2.77 bits per heavy atom. The summed E-state index contributed by atoms with van der Waals surface area (Å²) in [7, 11) is 0. The predicted octanol–water partition coefficient (Wildman–Crippen LogP) is 3.41. The third kappa shape index (κ3) is 4.17. The lowest BCUT2D eigenvalue weighted by molar-refractivity contribution is 0.184. The van der Waals surface area contributed by atoms with E-state index in [4.69, 9.17) is 4.74 Å². The maximum Gasteiger partial charge on any atom is 0.321 e. The van der Waals surface area contributed by atoms with Crippen LogP contribution in [0.4, 0.5) is 19.7 Å². The summed E-state index contributed by atoms with van der Waals surface area (Å²) in [6, 6.07) is 11.8. The molecule has 7 nitrogen and oxygen atoms in total. The zero-order valence-electron chi connectivity index (χ0n) is 16.9. The van der Waals surface area contributed by atoms with Gasteiger partial charge in [0.25, 0.3) is 0 Å². The van der Waals surface area contributed by atoms with Crippen LogP contribution >= 0.6 is 0 Å². The first-order valence-electron chi connectivity index (χ1n) is 10.1. The van der Waals surface area contributed by atoms with Crippen molar-refractivity contribution in [2.45, 2.75) is 25.9 Å². The van der Waals surface area contributed by atoms with E-state index in [-0.39, 0.29) is 37.0 Å². The number of anilines is 1. The van der Waals surface area contributed by atoms with E-state index in [9.17, 15) is 14.0 Å². The van der Waals surface area contributed by atoms with Crippen LogP contribution in [0.15, 0.2) is 42.5 Å². The van der Waals surface area contributed by atoms with Crippen LogP contribution in [0.2, 0.25) is 0 Å². The van der Waals surface area contributed by atoms with Crippen molar-refractivity contribution < 1.29 is 18.7 Å². The number of halogens is 1. The molecule has 0 bridgehead atoms. The molecule has 0 aromatic heterocycles. The minimum atomic E-state index is -0.411. The topological polar surface area (TPSA) is 73.9 Å². The van der Waals surface area contributed by atoms with Crippen LogP contribution < -0.4 is 20.3 Å². The highest BCUT2D eigenvalue weighted by molar-refractivity contribution is 5.92. The van der Waals surface area contributed by atoms with Crippen molar-refractivity contribution in [3.8, 4) is 5.75 Å². The molecule has 2 aliphatic rings. The fourth-order valence-corrected chi connectivity index (χ4v) is 3.73. The van der Waals surface area contributed by atoms with Gasteiger partial charge >= 0.3 is 12.1 Å². The molecule has 0 saturated carbocycles. The Kier molecular flexibility index (Phi) is 5.74. The summed E-state index contributed by atoms with van der Waals surface area (Å²) in [5, 5.41) is 5.83. The van der Waals surface area contributed by atoms with Gasteiger partial charge in [0.2, 0.25) is 0 Å². The van der Waals surface area contributed by atoms with Crippen molar-refractivity contribution in [1.29, 1.82) is 0 Å². The molecule has 0 spiro atoms. The van der Waals surface area contributed by atoms with Gasteiger partial charge in [-0.15, -0.1) is 0 Å². The summed E-state index contributed by atoms with van der Waals surface area (Å²) in [5.74, 6) is -0.191. The molecule has 2 aromatic carbocycles. The van der Waals surface area contributed by atoms with E-state index in [2.05, 4.69) is 10.6 Å². The zero-order valence-corrected chi connectivity index (χ0v) is 16.9. The molecule has 1 saturated heterocycles. The molecule has 30 heavy (non-hydrogen) atoms. The molecule has 1 fully saturated rings. The maximum absolute atomic E-state index is 13.9. The van der Waals surface area contributed by atoms with Crippen molar-refractivity contribution >= 4 is 17.7 Å². The number of amides is 4. The number of nitrogens with zero attached hydrogens (tertiary/aromatic N) is 2. The van der Waals surface area contributed by atoms with Gasteiger partial charge in [0.15, 0.2) is 11.6 Å². The Labute approximate surface area is 174 Å². The second-order valence-electron chi connectivity index (χ2n) is 7.50. The number of para-hydroxylation sites is 1. The highest BCUT2D eigenvalue weighted by Gasteiger charge is 2.23. The normalized spacial score (nSPS) is 17.3. The van der Waals surface area contributed by atoms with Crippen LogP contribution in [0, 0.1) is 5.82 Å². The zero-order chi connectivity index (χ0) is 21.1. The maximum atomic E-state index is 13.9. The monoisotopic (exact) mass is 412 g/mol. The minimum absolute atomic E-state index is 0.0875. The second-order valence-corrected chi connectivity index (χ2v) is 7.50. The average molecular weight is 412 g/mol. The van der Waals surface area contributed by atoms with Gasteiger partial charge in [-0.3, -0.25) is 4.90 Å². The van der Waals surface area contributed by atoms with Gasteiger partial charge < -0.3 is 20.3 Å². The van der Waals surface area contributed by atoms with Gasteiger partial charge in [-0.05, 0) is 37.1 Å². The van der Waals surface area contributed by atoms with Gasteiger partial charge in [0.1, 0.15) is 6.61 Å². The SMILES string of the molecule is CC(NC(=O)N1CCOc2c(F)cccc2C1)c1ccc(N2CCCNC2=O)cc1. The van der Waals surface area contributed by atoms with Crippen LogP contribution in [0.5, 0.6) is 5.75 Å². The van der Waals surface area contributed by atoms with Crippen molar-refractivity contribution in [2.75, 3.05) is 31.1 Å². The predicted molar refractivity (Wildman–Crippen MR) is 111 cm³/mol. The van der Waals surface area contributed by atoms with Crippen LogP contribution in [-0.2, 0) is 6.54 Å². The van der Waals surface area contributed by atoms with Crippen LogP contribution in [0.1, 0.15) is 30.5 Å². The quantitative estimate of drug-likeness (QED) is 0.811. The second kappa shape index (κ2) is 8.61. The van der Waals surface area contributed by atoms with Crippen molar-refractivity contribution in [3.63, 3.8) is 0 Å². The highest BCUT2D eigenvalue weighted by atomic mass is 19.1. The van der Waals surface area contributed by atoms with E-state index < -0.39 is 5.82 Å². The number of rotatable bonds is 3. The van der Waals surface area contributed by atoms with Gasteiger partial charge in [-0.1, -0.05) is 24.3 Å². The number of nitrogens with one attached hydrogen (secondary N) is 2. The number of hydrogen-bond acceptors (Lipinski definition) is 3. The van der Waals surface area contributed by atoms with Crippen molar-refractivity contribution in [3.05, 3.63) is 59.4 Å². The molecule has 1 unspecified atom stereocenters. The molecule has 0 aliphatic carbocycles. The molecule has 2 aromatic rings. The molecular formula is C22H25FN4O3. The Bertz CT molecular complexity index is 934. The summed E-state index contributed by atoms with van der Waals surface area (Å²) in [4.78, 5) is 28.1. The van der Waals surface area contributed by atoms with Crippen LogP contribution in [-0.4, -0.2) is 43.2 Å². The lowest BCUT2D eigenvalue weighted by atomic mass is 10.1. The van der Waals surface area contributed by atoms with E-state index in [1.165, 1.54) is 6.07 Å².